The van der Waals surface area contributed by atoms with Crippen LogP contribution in [0.1, 0.15) is 19.4 Å². The average Bonchev–Trinajstić information content (AvgIpc) is 2.55. The molecule has 3 heteroatoms. The zero-order valence-electron chi connectivity index (χ0n) is 13.1. The van der Waals surface area contributed by atoms with Crippen LogP contribution in [-0.4, -0.2) is 20.2 Å². The Bertz CT molecular complexity index is 530. The quantitative estimate of drug-likeness (QED) is 0.826. The number of rotatable bonds is 7. The molecular formula is C18H24N2O. The minimum Gasteiger partial charge on any atom is -0.497 e. The molecule has 0 amide bonds. The third-order valence-electron chi connectivity index (χ3n) is 3.65. The SMILES string of the molecule is CCN(CC)c1ccc(NCc2ccc(OC)cc2)cc1. The number of nitrogens with one attached hydrogen (secondary N) is 1. The summed E-state index contributed by atoms with van der Waals surface area (Å²) in [4.78, 5) is 2.34. The van der Waals surface area contributed by atoms with Crippen molar-refractivity contribution in [2.24, 2.45) is 0 Å². The zero-order valence-corrected chi connectivity index (χ0v) is 13.1. The van der Waals surface area contributed by atoms with E-state index in [0.717, 1.165) is 31.1 Å². The number of methoxy groups -OCH3 is 1. The molecule has 3 nitrogen and oxygen atoms in total. The normalized spacial score (nSPS) is 10.2. The molecule has 0 atom stereocenters. The Hall–Kier alpha value is -2.16. The molecule has 0 aliphatic carbocycles. The lowest BCUT2D eigenvalue weighted by Crippen LogP contribution is -2.21. The molecule has 0 spiro atoms. The van der Waals surface area contributed by atoms with Crippen LogP contribution in [0.3, 0.4) is 0 Å². The molecule has 2 aromatic rings. The molecule has 1 N–H and O–H groups in total. The highest BCUT2D eigenvalue weighted by Gasteiger charge is 2.01. The van der Waals surface area contributed by atoms with E-state index in [1.807, 2.05) is 12.1 Å². The second-order valence-corrected chi connectivity index (χ2v) is 4.92. The first-order valence-electron chi connectivity index (χ1n) is 7.48. The fraction of sp³-hybridized carbons (Fsp3) is 0.333. The molecule has 2 aromatic carbocycles. The van der Waals surface area contributed by atoms with Gasteiger partial charge >= 0.3 is 0 Å². The van der Waals surface area contributed by atoms with Gasteiger partial charge in [0.05, 0.1) is 7.11 Å². The average molecular weight is 284 g/mol. The van der Waals surface area contributed by atoms with E-state index in [1.54, 1.807) is 7.11 Å². The maximum atomic E-state index is 5.16. The molecule has 0 aromatic heterocycles. The van der Waals surface area contributed by atoms with Crippen molar-refractivity contribution in [3.8, 4) is 5.75 Å². The van der Waals surface area contributed by atoms with E-state index >= 15 is 0 Å². The van der Waals surface area contributed by atoms with Gasteiger partial charge in [0.15, 0.2) is 0 Å². The van der Waals surface area contributed by atoms with Gasteiger partial charge in [-0.15, -0.1) is 0 Å². The van der Waals surface area contributed by atoms with Crippen LogP contribution in [0.4, 0.5) is 11.4 Å². The van der Waals surface area contributed by atoms with Crippen molar-refractivity contribution in [3.05, 3.63) is 54.1 Å². The van der Waals surface area contributed by atoms with Crippen molar-refractivity contribution >= 4 is 11.4 Å². The molecule has 0 heterocycles. The summed E-state index contributed by atoms with van der Waals surface area (Å²) < 4.78 is 5.16. The van der Waals surface area contributed by atoms with Gasteiger partial charge in [-0.1, -0.05) is 12.1 Å². The highest BCUT2D eigenvalue weighted by atomic mass is 16.5. The van der Waals surface area contributed by atoms with Crippen molar-refractivity contribution < 1.29 is 4.74 Å². The summed E-state index contributed by atoms with van der Waals surface area (Å²) in [6.45, 7) is 7.25. The Balaban J connectivity index is 1.93. The van der Waals surface area contributed by atoms with E-state index in [1.165, 1.54) is 11.3 Å². The number of benzene rings is 2. The summed E-state index contributed by atoms with van der Waals surface area (Å²) in [5.74, 6) is 0.891. The maximum Gasteiger partial charge on any atom is 0.118 e. The van der Waals surface area contributed by atoms with Gasteiger partial charge < -0.3 is 15.0 Å². The Labute approximate surface area is 127 Å². The van der Waals surface area contributed by atoms with Crippen LogP contribution in [0.5, 0.6) is 5.75 Å². The molecule has 0 bridgehead atoms. The summed E-state index contributed by atoms with van der Waals surface area (Å²) in [7, 11) is 1.69. The van der Waals surface area contributed by atoms with Crippen molar-refractivity contribution in [2.75, 3.05) is 30.4 Å². The molecule has 112 valence electrons. The fourth-order valence-corrected chi connectivity index (χ4v) is 2.33. The van der Waals surface area contributed by atoms with Crippen molar-refractivity contribution in [1.82, 2.24) is 0 Å². The van der Waals surface area contributed by atoms with Gasteiger partial charge in [0.2, 0.25) is 0 Å². The molecule has 0 aliphatic rings. The van der Waals surface area contributed by atoms with E-state index in [2.05, 4.69) is 60.5 Å². The topological polar surface area (TPSA) is 24.5 Å². The summed E-state index contributed by atoms with van der Waals surface area (Å²) in [6.07, 6.45) is 0. The van der Waals surface area contributed by atoms with Gasteiger partial charge in [0.25, 0.3) is 0 Å². The highest BCUT2D eigenvalue weighted by molar-refractivity contribution is 5.55. The standard InChI is InChI=1S/C18H24N2O/c1-4-20(5-2)17-10-8-16(9-11-17)19-14-15-6-12-18(21-3)13-7-15/h6-13,19H,4-5,14H2,1-3H3. The van der Waals surface area contributed by atoms with E-state index in [-0.39, 0.29) is 0 Å². The van der Waals surface area contributed by atoms with Crippen LogP contribution < -0.4 is 15.0 Å². The van der Waals surface area contributed by atoms with Crippen molar-refractivity contribution in [1.29, 1.82) is 0 Å². The molecule has 0 radical (unpaired) electrons. The first-order valence-corrected chi connectivity index (χ1v) is 7.48. The van der Waals surface area contributed by atoms with Crippen LogP contribution in [0.15, 0.2) is 48.5 Å². The predicted octanol–water partition coefficient (Wildman–Crippen LogP) is 4.15. The van der Waals surface area contributed by atoms with E-state index in [9.17, 15) is 0 Å². The second-order valence-electron chi connectivity index (χ2n) is 4.92. The lowest BCUT2D eigenvalue weighted by molar-refractivity contribution is 0.414. The Morgan fingerprint density at radius 3 is 2.05 bits per heavy atom. The van der Waals surface area contributed by atoms with Crippen molar-refractivity contribution in [2.45, 2.75) is 20.4 Å². The summed E-state index contributed by atoms with van der Waals surface area (Å²) in [5, 5.41) is 3.44. The van der Waals surface area contributed by atoms with Gasteiger partial charge in [-0.3, -0.25) is 0 Å². The van der Waals surface area contributed by atoms with Crippen LogP contribution >= 0.6 is 0 Å². The molecule has 21 heavy (non-hydrogen) atoms. The number of hydrogen-bond donors (Lipinski definition) is 1. The van der Waals surface area contributed by atoms with E-state index in [4.69, 9.17) is 4.74 Å². The van der Waals surface area contributed by atoms with Gasteiger partial charge in [0.1, 0.15) is 5.75 Å². The smallest absolute Gasteiger partial charge is 0.118 e. The molecule has 2 rings (SSSR count). The monoisotopic (exact) mass is 284 g/mol. The summed E-state index contributed by atoms with van der Waals surface area (Å²) in [6, 6.07) is 16.7. The first-order chi connectivity index (χ1) is 10.3. The van der Waals surface area contributed by atoms with Crippen LogP contribution in [0.25, 0.3) is 0 Å². The van der Waals surface area contributed by atoms with E-state index in [0.29, 0.717) is 0 Å². The summed E-state index contributed by atoms with van der Waals surface area (Å²) in [5.41, 5.74) is 3.65. The van der Waals surface area contributed by atoms with E-state index < -0.39 is 0 Å². The van der Waals surface area contributed by atoms with Gasteiger partial charge in [0, 0.05) is 31.0 Å². The zero-order chi connectivity index (χ0) is 15.1. The minimum absolute atomic E-state index is 0.814. The molecule has 0 aliphatic heterocycles. The third-order valence-corrected chi connectivity index (χ3v) is 3.65. The lowest BCUT2D eigenvalue weighted by Gasteiger charge is -2.21. The van der Waals surface area contributed by atoms with Crippen LogP contribution in [-0.2, 0) is 6.54 Å². The number of anilines is 2. The molecule has 0 saturated heterocycles. The third kappa shape index (κ3) is 4.15. The molecule has 0 unspecified atom stereocenters. The Morgan fingerprint density at radius 1 is 0.905 bits per heavy atom. The Morgan fingerprint density at radius 2 is 1.52 bits per heavy atom. The highest BCUT2D eigenvalue weighted by Crippen LogP contribution is 2.18. The summed E-state index contributed by atoms with van der Waals surface area (Å²) >= 11 is 0. The predicted molar refractivity (Wildman–Crippen MR) is 90.3 cm³/mol. The molecule has 0 saturated carbocycles. The van der Waals surface area contributed by atoms with Gasteiger partial charge in [-0.05, 0) is 55.8 Å². The molecular weight excluding hydrogens is 260 g/mol. The largest absolute Gasteiger partial charge is 0.497 e. The fourth-order valence-electron chi connectivity index (χ4n) is 2.33. The second kappa shape index (κ2) is 7.58. The lowest BCUT2D eigenvalue weighted by atomic mass is 10.2. The number of nitrogens with zero attached hydrogens (tertiary/aromatic N) is 1. The van der Waals surface area contributed by atoms with Crippen LogP contribution in [0.2, 0.25) is 0 Å². The van der Waals surface area contributed by atoms with Crippen molar-refractivity contribution in [3.63, 3.8) is 0 Å². The van der Waals surface area contributed by atoms with Gasteiger partial charge in [-0.2, -0.15) is 0 Å². The first kappa shape index (κ1) is 15.2. The number of hydrogen-bond acceptors (Lipinski definition) is 3. The number of ether oxygens (including phenoxy) is 1. The Kier molecular flexibility index (Phi) is 5.50. The van der Waals surface area contributed by atoms with Crippen LogP contribution in [0, 0.1) is 0 Å². The van der Waals surface area contributed by atoms with Gasteiger partial charge in [-0.25, -0.2) is 0 Å². The minimum atomic E-state index is 0.814. The maximum absolute atomic E-state index is 5.16. The molecule has 0 fully saturated rings.